The van der Waals surface area contributed by atoms with Crippen LogP contribution in [0.2, 0.25) is 0 Å². The summed E-state index contributed by atoms with van der Waals surface area (Å²) in [6.45, 7) is 0.530. The molecule has 14 heteroatoms. The van der Waals surface area contributed by atoms with E-state index in [-0.39, 0.29) is 18.2 Å². The lowest BCUT2D eigenvalue weighted by atomic mass is 9.88. The molecule has 1 aliphatic rings. The highest BCUT2D eigenvalue weighted by Crippen LogP contribution is 2.37. The largest absolute Gasteiger partial charge is 0.480 e. The summed E-state index contributed by atoms with van der Waals surface area (Å²) in [6, 6.07) is 4.51. The number of nitrogens with zero attached hydrogens (tertiary/aromatic N) is 5. The van der Waals surface area contributed by atoms with Crippen molar-refractivity contribution < 1.29 is 35.9 Å². The van der Waals surface area contributed by atoms with Crippen LogP contribution in [0.3, 0.4) is 0 Å². The van der Waals surface area contributed by atoms with Gasteiger partial charge in [0.25, 0.3) is 11.8 Å². The summed E-state index contributed by atoms with van der Waals surface area (Å²) in [4.78, 5) is 22.0. The lowest BCUT2D eigenvalue weighted by Crippen LogP contribution is -2.57. The van der Waals surface area contributed by atoms with Gasteiger partial charge < -0.3 is 15.0 Å². The molecule has 1 fully saturated rings. The lowest BCUT2D eigenvalue weighted by Gasteiger charge is -2.43. The number of alkyl halides is 5. The molecule has 1 aromatic carbocycles. The zero-order valence-electron chi connectivity index (χ0n) is 20.6. The maximum atomic E-state index is 14.6. The summed E-state index contributed by atoms with van der Waals surface area (Å²) in [5, 5.41) is 6.93. The number of hydrogen-bond donors (Lipinski definition) is 1. The number of halogens is 6. The number of likely N-dealkylation sites (tertiary alicyclic amines) is 1. The van der Waals surface area contributed by atoms with E-state index in [2.05, 4.69) is 20.4 Å². The average Bonchev–Trinajstić information content (AvgIpc) is 3.23. The number of hydrogen-bond acceptors (Lipinski definition) is 6. The second-order valence-electron chi connectivity index (χ2n) is 9.10. The van der Waals surface area contributed by atoms with E-state index in [1.807, 2.05) is 0 Å². The number of aryl methyl sites for hydroxylation is 1. The zero-order valence-corrected chi connectivity index (χ0v) is 20.6. The molecule has 4 rings (SSSR count). The molecule has 204 valence electrons. The summed E-state index contributed by atoms with van der Waals surface area (Å²) in [7, 11) is 2.59. The van der Waals surface area contributed by atoms with Gasteiger partial charge in [-0.1, -0.05) is 19.1 Å². The van der Waals surface area contributed by atoms with Gasteiger partial charge in [-0.2, -0.15) is 23.3 Å². The monoisotopic (exact) mass is 542 g/mol. The summed E-state index contributed by atoms with van der Waals surface area (Å²) < 4.78 is 88.1. The second-order valence-corrected chi connectivity index (χ2v) is 9.10. The van der Waals surface area contributed by atoms with Crippen molar-refractivity contribution in [3.63, 3.8) is 0 Å². The molecule has 1 amide bonds. The Balaban J connectivity index is 1.63. The van der Waals surface area contributed by atoms with Gasteiger partial charge in [0.15, 0.2) is 5.69 Å². The van der Waals surface area contributed by atoms with Crippen molar-refractivity contribution in [1.82, 2.24) is 24.6 Å². The molecule has 8 nitrogen and oxygen atoms in total. The first-order valence-corrected chi connectivity index (χ1v) is 11.5. The quantitative estimate of drug-likeness (QED) is 0.457. The Bertz CT molecular complexity index is 1310. The van der Waals surface area contributed by atoms with Crippen LogP contribution in [0.4, 0.5) is 32.3 Å². The highest BCUT2D eigenvalue weighted by atomic mass is 19.4. The first-order chi connectivity index (χ1) is 17.8. The molecule has 0 aliphatic carbocycles. The van der Waals surface area contributed by atoms with E-state index in [1.54, 1.807) is 14.0 Å². The molecule has 38 heavy (non-hydrogen) atoms. The third-order valence-electron chi connectivity index (χ3n) is 6.25. The fourth-order valence-corrected chi connectivity index (χ4v) is 4.50. The van der Waals surface area contributed by atoms with Crippen molar-refractivity contribution in [2.45, 2.75) is 31.5 Å². The van der Waals surface area contributed by atoms with Crippen LogP contribution in [0.1, 0.15) is 29.4 Å². The molecule has 2 atom stereocenters. The maximum Gasteiger partial charge on any atom is 0.423 e. The smallest absolute Gasteiger partial charge is 0.423 e. The molecule has 1 N–H and O–H groups in total. The number of rotatable bonds is 6. The van der Waals surface area contributed by atoms with Gasteiger partial charge in [0.05, 0.1) is 19.7 Å². The van der Waals surface area contributed by atoms with Crippen molar-refractivity contribution in [3.05, 3.63) is 53.7 Å². The molecule has 1 aliphatic heterocycles. The normalized spacial score (nSPS) is 19.3. The van der Waals surface area contributed by atoms with Crippen LogP contribution in [-0.2, 0) is 13.2 Å². The Labute approximate surface area is 213 Å². The van der Waals surface area contributed by atoms with Crippen LogP contribution in [0, 0.1) is 11.7 Å². The molecule has 0 radical (unpaired) electrons. The highest BCUT2D eigenvalue weighted by Gasteiger charge is 2.47. The summed E-state index contributed by atoms with van der Waals surface area (Å²) in [6.07, 6.45) is -3.16. The predicted octanol–water partition coefficient (Wildman–Crippen LogP) is 4.64. The minimum absolute atomic E-state index is 0.0959. The number of amides is 1. The minimum atomic E-state index is -4.73. The standard InChI is InChI=1S/C24H24F6N6O2/c1-13-8-23(26,27)12-36(18(13)10-32-22-31-9-17(24(28,29)30)20(33-22)38-3)21(37)19-16(11-35(2)34-19)14-4-6-15(25)7-5-14/h4-7,9,11,13,18H,8,10,12H2,1-3H3,(H,31,32,33). The number of anilines is 1. The number of ether oxygens (including phenoxy) is 1. The summed E-state index contributed by atoms with van der Waals surface area (Å²) >= 11 is 0. The van der Waals surface area contributed by atoms with Crippen molar-refractivity contribution in [1.29, 1.82) is 0 Å². The van der Waals surface area contributed by atoms with Crippen LogP contribution in [-0.4, -0.2) is 62.7 Å². The van der Waals surface area contributed by atoms with E-state index in [1.165, 1.54) is 35.1 Å². The van der Waals surface area contributed by atoms with E-state index in [0.29, 0.717) is 17.3 Å². The van der Waals surface area contributed by atoms with Gasteiger partial charge in [0, 0.05) is 38.0 Å². The molecule has 1 saturated heterocycles. The van der Waals surface area contributed by atoms with Crippen LogP contribution in [0.25, 0.3) is 11.1 Å². The molecule has 3 heterocycles. The molecule has 0 saturated carbocycles. The summed E-state index contributed by atoms with van der Waals surface area (Å²) in [5.74, 6) is -6.06. The number of methoxy groups -OCH3 is 1. The van der Waals surface area contributed by atoms with Crippen molar-refractivity contribution in [3.8, 4) is 17.0 Å². The maximum absolute atomic E-state index is 14.6. The Morgan fingerprint density at radius 1 is 1.24 bits per heavy atom. The van der Waals surface area contributed by atoms with Gasteiger partial charge in [-0.25, -0.2) is 18.2 Å². The molecular weight excluding hydrogens is 518 g/mol. The molecule has 2 unspecified atom stereocenters. The first kappa shape index (κ1) is 27.2. The number of carbonyl (C=O) groups excluding carboxylic acids is 1. The minimum Gasteiger partial charge on any atom is -0.480 e. The predicted molar refractivity (Wildman–Crippen MR) is 124 cm³/mol. The SMILES string of the molecule is COc1nc(NCC2C(C)CC(F)(F)CN2C(=O)c2nn(C)cc2-c2ccc(F)cc2)ncc1C(F)(F)F. The third kappa shape index (κ3) is 5.68. The van der Waals surface area contributed by atoms with E-state index >= 15 is 0 Å². The van der Waals surface area contributed by atoms with Crippen molar-refractivity contribution in [2.75, 3.05) is 25.5 Å². The fourth-order valence-electron chi connectivity index (χ4n) is 4.50. The molecule has 3 aromatic rings. The van der Waals surface area contributed by atoms with Crippen molar-refractivity contribution >= 4 is 11.9 Å². The number of aromatic nitrogens is 4. The molecular formula is C24H24F6N6O2. The Morgan fingerprint density at radius 2 is 1.92 bits per heavy atom. The Hall–Kier alpha value is -3.84. The number of piperidine rings is 1. The molecule has 0 bridgehead atoms. The van der Waals surface area contributed by atoms with Gasteiger partial charge >= 0.3 is 6.18 Å². The number of nitrogens with one attached hydrogen (secondary N) is 1. The van der Waals surface area contributed by atoms with Gasteiger partial charge in [0.2, 0.25) is 11.8 Å². The summed E-state index contributed by atoms with van der Waals surface area (Å²) in [5.41, 5.74) is -0.459. The van der Waals surface area contributed by atoms with Gasteiger partial charge in [-0.05, 0) is 23.6 Å². The topological polar surface area (TPSA) is 85.2 Å². The second kappa shape index (κ2) is 10.1. The van der Waals surface area contributed by atoms with Crippen LogP contribution < -0.4 is 10.1 Å². The average molecular weight is 542 g/mol. The van der Waals surface area contributed by atoms with Crippen molar-refractivity contribution in [2.24, 2.45) is 13.0 Å². The zero-order chi connectivity index (χ0) is 27.8. The molecule has 0 spiro atoms. The number of benzene rings is 1. The van der Waals surface area contributed by atoms with Gasteiger partial charge in [0.1, 0.15) is 11.4 Å². The van der Waals surface area contributed by atoms with Crippen LogP contribution >= 0.6 is 0 Å². The first-order valence-electron chi connectivity index (χ1n) is 11.5. The van der Waals surface area contributed by atoms with E-state index < -0.39 is 60.2 Å². The fraction of sp³-hybridized carbons (Fsp3) is 0.417. The Kier molecular flexibility index (Phi) is 7.26. The Morgan fingerprint density at radius 3 is 2.55 bits per heavy atom. The highest BCUT2D eigenvalue weighted by molar-refractivity contribution is 5.99. The van der Waals surface area contributed by atoms with Gasteiger partial charge in [-0.15, -0.1) is 0 Å². The van der Waals surface area contributed by atoms with Gasteiger partial charge in [-0.3, -0.25) is 9.48 Å². The van der Waals surface area contributed by atoms with E-state index in [0.717, 1.165) is 12.0 Å². The van der Waals surface area contributed by atoms with E-state index in [4.69, 9.17) is 4.74 Å². The lowest BCUT2D eigenvalue weighted by molar-refractivity contribution is -0.139. The molecule has 2 aromatic heterocycles. The van der Waals surface area contributed by atoms with Crippen LogP contribution in [0.15, 0.2) is 36.7 Å². The third-order valence-corrected chi connectivity index (χ3v) is 6.25. The van der Waals surface area contributed by atoms with Crippen LogP contribution in [0.5, 0.6) is 5.88 Å². The van der Waals surface area contributed by atoms with E-state index in [9.17, 15) is 31.1 Å². The number of carbonyl (C=O) groups is 1.